The Kier molecular flexibility index (Phi) is 5.99. The van der Waals surface area contributed by atoms with Crippen LogP contribution >= 0.6 is 0 Å². The van der Waals surface area contributed by atoms with Crippen LogP contribution in [0.3, 0.4) is 0 Å². The van der Waals surface area contributed by atoms with Crippen molar-refractivity contribution in [3.63, 3.8) is 0 Å². The van der Waals surface area contributed by atoms with Crippen molar-refractivity contribution >= 4 is 21.8 Å². The zero-order valence-electron chi connectivity index (χ0n) is 16.2. The lowest BCUT2D eigenvalue weighted by molar-refractivity contribution is 0.131. The molecule has 1 aromatic heterocycles. The van der Waals surface area contributed by atoms with E-state index in [-0.39, 0.29) is 18.8 Å². The molecule has 152 valence electrons. The number of anilines is 1. The third kappa shape index (κ3) is 4.50. The van der Waals surface area contributed by atoms with E-state index in [1.807, 2.05) is 6.92 Å². The maximum Gasteiger partial charge on any atom is 0.414 e. The van der Waals surface area contributed by atoms with Crippen molar-refractivity contribution in [2.45, 2.75) is 32.8 Å². The number of unbranched alkanes of at least 4 members (excludes halogenated alkanes) is 1. The summed E-state index contributed by atoms with van der Waals surface area (Å²) in [6, 6.07) is 7.13. The van der Waals surface area contributed by atoms with Crippen LogP contribution in [0.15, 0.2) is 28.8 Å². The van der Waals surface area contributed by atoms with E-state index < -0.39 is 22.2 Å². The number of cyclic esters (lactones) is 1. The number of ether oxygens (including phenoxy) is 1. The van der Waals surface area contributed by atoms with Crippen LogP contribution in [0, 0.1) is 6.92 Å². The molecule has 0 aliphatic carbocycles. The summed E-state index contributed by atoms with van der Waals surface area (Å²) in [6.45, 7) is 4.07. The Morgan fingerprint density at radius 1 is 1.29 bits per heavy atom. The van der Waals surface area contributed by atoms with Crippen LogP contribution in [0.1, 0.15) is 25.7 Å². The Hall–Kier alpha value is -2.46. The molecule has 0 bridgehead atoms. The average Bonchev–Trinajstić information content (AvgIpc) is 3.25. The standard InChI is InChI=1S/C18H24N4O5S/c1-4-5-10-28(24,25)21(3)11-16-12-22(18(23)26-16)15-8-6-14(7-9-15)17-19-13(2)27-20-17/h6-9,16H,4-5,10-12H2,1-3H3. The molecule has 0 saturated carbocycles. The van der Waals surface area contributed by atoms with Gasteiger partial charge in [-0.2, -0.15) is 4.98 Å². The Labute approximate surface area is 164 Å². The maximum absolute atomic E-state index is 12.2. The fourth-order valence-electron chi connectivity index (χ4n) is 2.92. The van der Waals surface area contributed by atoms with Crippen molar-refractivity contribution in [2.24, 2.45) is 0 Å². The fraction of sp³-hybridized carbons (Fsp3) is 0.500. The molecule has 1 aromatic carbocycles. The number of rotatable bonds is 8. The van der Waals surface area contributed by atoms with Crippen molar-refractivity contribution in [1.29, 1.82) is 0 Å². The average molecular weight is 408 g/mol. The largest absolute Gasteiger partial charge is 0.443 e. The second-order valence-electron chi connectivity index (χ2n) is 6.75. The number of aryl methyl sites for hydroxylation is 1. The fourth-order valence-corrected chi connectivity index (χ4v) is 4.28. The van der Waals surface area contributed by atoms with Gasteiger partial charge in [0.1, 0.15) is 6.10 Å². The number of nitrogens with zero attached hydrogens (tertiary/aromatic N) is 4. The third-order valence-electron chi connectivity index (χ3n) is 4.53. The summed E-state index contributed by atoms with van der Waals surface area (Å²) in [6.07, 6.45) is 0.398. The Morgan fingerprint density at radius 2 is 2.00 bits per heavy atom. The number of sulfonamides is 1. The highest BCUT2D eigenvalue weighted by Crippen LogP contribution is 2.25. The molecular formula is C18H24N4O5S. The van der Waals surface area contributed by atoms with Crippen LogP contribution < -0.4 is 4.90 Å². The number of carbonyl (C=O) groups is 1. The first-order chi connectivity index (χ1) is 13.3. The second kappa shape index (κ2) is 8.27. The van der Waals surface area contributed by atoms with Crippen LogP contribution in [0.2, 0.25) is 0 Å². The smallest absolute Gasteiger partial charge is 0.414 e. The molecule has 1 fully saturated rings. The predicted octanol–water partition coefficient (Wildman–Crippen LogP) is 2.43. The van der Waals surface area contributed by atoms with Gasteiger partial charge in [0.15, 0.2) is 0 Å². The SMILES string of the molecule is CCCCS(=O)(=O)N(C)CC1CN(c2ccc(-c3noc(C)n3)cc2)C(=O)O1. The molecule has 0 radical (unpaired) electrons. The van der Waals surface area contributed by atoms with Crippen LogP contribution in [-0.4, -0.2) is 61.0 Å². The Balaban J connectivity index is 1.64. The lowest BCUT2D eigenvalue weighted by atomic mass is 10.2. The van der Waals surface area contributed by atoms with Gasteiger partial charge in [0.05, 0.1) is 18.8 Å². The summed E-state index contributed by atoms with van der Waals surface area (Å²) < 4.78 is 36.1. The molecule has 28 heavy (non-hydrogen) atoms. The van der Waals surface area contributed by atoms with E-state index in [9.17, 15) is 13.2 Å². The van der Waals surface area contributed by atoms with Crippen molar-refractivity contribution < 1.29 is 22.5 Å². The molecule has 1 amide bonds. The normalized spacial score (nSPS) is 17.4. The van der Waals surface area contributed by atoms with E-state index in [0.29, 0.717) is 23.8 Å². The van der Waals surface area contributed by atoms with Gasteiger partial charge in [0, 0.05) is 25.2 Å². The Bertz CT molecular complexity index is 926. The summed E-state index contributed by atoms with van der Waals surface area (Å²) >= 11 is 0. The van der Waals surface area contributed by atoms with Gasteiger partial charge in [0.2, 0.25) is 21.7 Å². The van der Waals surface area contributed by atoms with Crippen LogP contribution in [0.4, 0.5) is 10.5 Å². The first kappa shape index (κ1) is 20.3. The quantitative estimate of drug-likeness (QED) is 0.660. The van der Waals surface area contributed by atoms with Gasteiger partial charge in [-0.3, -0.25) is 4.90 Å². The van der Waals surface area contributed by atoms with Gasteiger partial charge in [0.25, 0.3) is 0 Å². The molecule has 3 rings (SSSR count). The number of benzene rings is 1. The van der Waals surface area contributed by atoms with E-state index in [1.54, 1.807) is 31.2 Å². The van der Waals surface area contributed by atoms with E-state index in [1.165, 1.54) is 16.3 Å². The summed E-state index contributed by atoms with van der Waals surface area (Å²) in [5, 5.41) is 3.86. The third-order valence-corrected chi connectivity index (χ3v) is 6.43. The maximum atomic E-state index is 12.2. The molecule has 0 spiro atoms. The molecule has 2 aromatic rings. The van der Waals surface area contributed by atoms with Gasteiger partial charge in [-0.05, 0) is 30.7 Å². The summed E-state index contributed by atoms with van der Waals surface area (Å²) in [5.74, 6) is 1.05. The van der Waals surface area contributed by atoms with Crippen molar-refractivity contribution in [2.75, 3.05) is 30.8 Å². The first-order valence-corrected chi connectivity index (χ1v) is 10.7. The molecule has 1 unspecified atom stereocenters. The molecule has 2 heterocycles. The molecular weight excluding hydrogens is 384 g/mol. The highest BCUT2D eigenvalue weighted by Gasteiger charge is 2.34. The number of carbonyl (C=O) groups excluding carboxylic acids is 1. The van der Waals surface area contributed by atoms with Crippen LogP contribution in [-0.2, 0) is 14.8 Å². The number of hydrogen-bond donors (Lipinski definition) is 0. The highest BCUT2D eigenvalue weighted by atomic mass is 32.2. The molecule has 1 saturated heterocycles. The van der Waals surface area contributed by atoms with Gasteiger partial charge in [-0.1, -0.05) is 18.5 Å². The van der Waals surface area contributed by atoms with Gasteiger partial charge in [-0.15, -0.1) is 0 Å². The van der Waals surface area contributed by atoms with E-state index in [0.717, 1.165) is 12.0 Å². The number of aromatic nitrogens is 2. The molecule has 9 nitrogen and oxygen atoms in total. The molecule has 0 N–H and O–H groups in total. The van der Waals surface area contributed by atoms with Crippen molar-refractivity contribution in [1.82, 2.24) is 14.4 Å². The number of likely N-dealkylation sites (N-methyl/N-ethyl adjacent to an activating group) is 1. The first-order valence-electron chi connectivity index (χ1n) is 9.13. The van der Waals surface area contributed by atoms with Gasteiger partial charge >= 0.3 is 6.09 Å². The van der Waals surface area contributed by atoms with Gasteiger partial charge in [-0.25, -0.2) is 17.5 Å². The minimum atomic E-state index is -3.34. The van der Waals surface area contributed by atoms with Crippen molar-refractivity contribution in [3.05, 3.63) is 30.2 Å². The summed E-state index contributed by atoms with van der Waals surface area (Å²) in [4.78, 5) is 17.9. The molecule has 1 aliphatic heterocycles. The number of hydrogen-bond acceptors (Lipinski definition) is 7. The number of amides is 1. The minimum absolute atomic E-state index is 0.0986. The molecule has 10 heteroatoms. The zero-order valence-corrected chi connectivity index (χ0v) is 17.0. The minimum Gasteiger partial charge on any atom is -0.443 e. The van der Waals surface area contributed by atoms with Crippen molar-refractivity contribution in [3.8, 4) is 11.4 Å². The van der Waals surface area contributed by atoms with Crippen LogP contribution in [0.5, 0.6) is 0 Å². The van der Waals surface area contributed by atoms with Gasteiger partial charge < -0.3 is 9.26 Å². The molecule has 1 atom stereocenters. The monoisotopic (exact) mass is 408 g/mol. The predicted molar refractivity (Wildman–Crippen MR) is 103 cm³/mol. The summed E-state index contributed by atoms with van der Waals surface area (Å²) in [7, 11) is -1.83. The summed E-state index contributed by atoms with van der Waals surface area (Å²) in [5.41, 5.74) is 1.43. The van der Waals surface area contributed by atoms with Crippen LogP contribution in [0.25, 0.3) is 11.4 Å². The topological polar surface area (TPSA) is 106 Å². The zero-order chi connectivity index (χ0) is 20.3. The van der Waals surface area contributed by atoms with E-state index >= 15 is 0 Å². The second-order valence-corrected chi connectivity index (χ2v) is 8.95. The molecule has 1 aliphatic rings. The Morgan fingerprint density at radius 3 is 2.61 bits per heavy atom. The van der Waals surface area contributed by atoms with E-state index in [4.69, 9.17) is 9.26 Å². The highest BCUT2D eigenvalue weighted by molar-refractivity contribution is 7.89. The van der Waals surface area contributed by atoms with E-state index in [2.05, 4.69) is 10.1 Å². The lowest BCUT2D eigenvalue weighted by Crippen LogP contribution is -2.37. The lowest BCUT2D eigenvalue weighted by Gasteiger charge is -2.19.